The third-order valence-corrected chi connectivity index (χ3v) is 6.95. The number of nitrogens with zero attached hydrogens (tertiary/aromatic N) is 2. The number of ether oxygens (including phenoxy) is 2. The summed E-state index contributed by atoms with van der Waals surface area (Å²) in [6.07, 6.45) is 2.06. The van der Waals surface area contributed by atoms with Gasteiger partial charge in [0.2, 0.25) is 10.0 Å². The lowest BCUT2D eigenvalue weighted by Gasteiger charge is -2.35. The fourth-order valence-electron chi connectivity index (χ4n) is 3.60. The van der Waals surface area contributed by atoms with Gasteiger partial charge in [-0.3, -0.25) is 4.79 Å². The van der Waals surface area contributed by atoms with Crippen LogP contribution in [0.4, 0.5) is 0 Å². The summed E-state index contributed by atoms with van der Waals surface area (Å²) >= 11 is 0. The fourth-order valence-corrected chi connectivity index (χ4v) is 5.07. The maximum absolute atomic E-state index is 12.9. The minimum Gasteiger partial charge on any atom is -0.493 e. The zero-order valence-electron chi connectivity index (χ0n) is 14.0. The molecule has 1 atom stereocenters. The Morgan fingerprint density at radius 1 is 1.12 bits per heavy atom. The highest BCUT2D eigenvalue weighted by Crippen LogP contribution is 2.29. The van der Waals surface area contributed by atoms with Gasteiger partial charge in [-0.15, -0.1) is 0 Å². The fraction of sp³-hybridized carbons (Fsp3) is 0.588. The van der Waals surface area contributed by atoms with Gasteiger partial charge in [-0.1, -0.05) is 0 Å². The van der Waals surface area contributed by atoms with Crippen molar-refractivity contribution in [3.63, 3.8) is 0 Å². The third-order valence-electron chi connectivity index (χ3n) is 5.05. The van der Waals surface area contributed by atoms with Crippen molar-refractivity contribution in [2.24, 2.45) is 0 Å². The number of piperazine rings is 1. The van der Waals surface area contributed by atoms with E-state index in [2.05, 4.69) is 0 Å². The van der Waals surface area contributed by atoms with Crippen molar-refractivity contribution in [1.29, 1.82) is 0 Å². The molecule has 0 spiro atoms. The first-order chi connectivity index (χ1) is 12.1. The van der Waals surface area contributed by atoms with Crippen LogP contribution in [0, 0.1) is 0 Å². The molecule has 0 N–H and O–H groups in total. The van der Waals surface area contributed by atoms with Crippen molar-refractivity contribution in [1.82, 2.24) is 9.21 Å². The Morgan fingerprint density at radius 3 is 2.64 bits per heavy atom. The Balaban J connectivity index is 1.43. The number of carbonyl (C=O) groups is 1. The van der Waals surface area contributed by atoms with Gasteiger partial charge >= 0.3 is 0 Å². The van der Waals surface area contributed by atoms with Crippen molar-refractivity contribution in [3.8, 4) is 5.75 Å². The minimum atomic E-state index is -3.54. The molecule has 0 aromatic heterocycles. The Kier molecular flexibility index (Phi) is 4.43. The molecule has 0 bridgehead atoms. The van der Waals surface area contributed by atoms with Crippen LogP contribution in [0.3, 0.4) is 0 Å². The van der Waals surface area contributed by atoms with Crippen molar-refractivity contribution in [3.05, 3.63) is 23.8 Å². The number of hydrogen-bond donors (Lipinski definition) is 0. The van der Waals surface area contributed by atoms with Gasteiger partial charge in [0, 0.05) is 39.2 Å². The molecule has 8 heteroatoms. The van der Waals surface area contributed by atoms with Gasteiger partial charge in [-0.25, -0.2) is 8.42 Å². The van der Waals surface area contributed by atoms with Crippen LogP contribution >= 0.6 is 0 Å². The van der Waals surface area contributed by atoms with Gasteiger partial charge in [-0.05, 0) is 36.6 Å². The summed E-state index contributed by atoms with van der Waals surface area (Å²) in [7, 11) is -3.54. The molecule has 0 aliphatic carbocycles. The number of fused-ring (bicyclic) bond motifs is 1. The highest BCUT2D eigenvalue weighted by molar-refractivity contribution is 7.89. The molecular formula is C17H22N2O5S. The smallest absolute Gasteiger partial charge is 0.251 e. The Bertz CT molecular complexity index is 765. The lowest BCUT2D eigenvalue weighted by Crippen LogP contribution is -2.52. The zero-order chi connectivity index (χ0) is 17.4. The molecule has 1 aromatic rings. The van der Waals surface area contributed by atoms with Gasteiger partial charge < -0.3 is 14.4 Å². The summed E-state index contributed by atoms with van der Waals surface area (Å²) in [4.78, 5) is 14.4. The standard InChI is InChI=1S/C17H22N2O5S/c20-17(16-2-1-10-23-16)18-6-8-19(9-7-18)25(21,22)14-3-4-15-13(12-14)5-11-24-15/h3-4,12,16H,1-2,5-11H2. The zero-order valence-corrected chi connectivity index (χ0v) is 14.8. The van der Waals surface area contributed by atoms with Gasteiger partial charge in [0.05, 0.1) is 11.5 Å². The van der Waals surface area contributed by atoms with E-state index in [0.717, 1.165) is 30.6 Å². The van der Waals surface area contributed by atoms with Gasteiger partial charge in [0.25, 0.3) is 5.91 Å². The molecule has 3 aliphatic rings. The van der Waals surface area contributed by atoms with E-state index in [9.17, 15) is 13.2 Å². The van der Waals surface area contributed by atoms with Crippen LogP contribution < -0.4 is 4.74 Å². The van der Waals surface area contributed by atoms with Crippen molar-refractivity contribution in [2.75, 3.05) is 39.4 Å². The van der Waals surface area contributed by atoms with E-state index in [1.165, 1.54) is 4.31 Å². The van der Waals surface area contributed by atoms with Crippen LogP contribution in [0.15, 0.2) is 23.1 Å². The summed E-state index contributed by atoms with van der Waals surface area (Å²) in [6.45, 7) is 2.68. The quantitative estimate of drug-likeness (QED) is 0.784. The third kappa shape index (κ3) is 3.14. The molecule has 2 fully saturated rings. The number of amides is 1. The van der Waals surface area contributed by atoms with Crippen molar-refractivity contribution >= 4 is 15.9 Å². The number of hydrogen-bond acceptors (Lipinski definition) is 5. The molecule has 3 aliphatic heterocycles. The normalized spacial score (nSPS) is 24.2. The predicted octanol–water partition coefficient (Wildman–Crippen LogP) is 0.633. The number of carbonyl (C=O) groups excluding carboxylic acids is 1. The molecule has 1 aromatic carbocycles. The Hall–Kier alpha value is -1.64. The van der Waals surface area contributed by atoms with Gasteiger partial charge in [0.15, 0.2) is 0 Å². The van der Waals surface area contributed by atoms with Crippen LogP contribution in [-0.4, -0.2) is 69.0 Å². The molecule has 0 radical (unpaired) electrons. The predicted molar refractivity (Wildman–Crippen MR) is 90.0 cm³/mol. The average Bonchev–Trinajstić information content (AvgIpc) is 3.32. The van der Waals surface area contributed by atoms with Gasteiger partial charge in [0.1, 0.15) is 11.9 Å². The van der Waals surface area contributed by atoms with Crippen LogP contribution in [0.2, 0.25) is 0 Å². The van der Waals surface area contributed by atoms with E-state index in [4.69, 9.17) is 9.47 Å². The Labute approximate surface area is 147 Å². The van der Waals surface area contributed by atoms with Crippen LogP contribution in [0.1, 0.15) is 18.4 Å². The van der Waals surface area contributed by atoms with E-state index in [0.29, 0.717) is 44.3 Å². The first kappa shape index (κ1) is 16.8. The highest BCUT2D eigenvalue weighted by atomic mass is 32.2. The van der Waals surface area contributed by atoms with E-state index in [1.54, 1.807) is 23.1 Å². The molecule has 25 heavy (non-hydrogen) atoms. The number of rotatable bonds is 3. The highest BCUT2D eigenvalue weighted by Gasteiger charge is 2.34. The van der Waals surface area contributed by atoms with Crippen molar-refractivity contribution in [2.45, 2.75) is 30.3 Å². The van der Waals surface area contributed by atoms with Gasteiger partial charge in [-0.2, -0.15) is 4.31 Å². The molecule has 7 nitrogen and oxygen atoms in total. The summed E-state index contributed by atoms with van der Waals surface area (Å²) in [5, 5.41) is 0. The largest absolute Gasteiger partial charge is 0.493 e. The summed E-state index contributed by atoms with van der Waals surface area (Å²) < 4.78 is 38.1. The molecule has 136 valence electrons. The van der Waals surface area contributed by atoms with Crippen LogP contribution in [-0.2, 0) is 26.0 Å². The van der Waals surface area contributed by atoms with E-state index < -0.39 is 10.0 Å². The summed E-state index contributed by atoms with van der Waals surface area (Å²) in [5.74, 6) is 0.759. The van der Waals surface area contributed by atoms with Crippen LogP contribution in [0.25, 0.3) is 0 Å². The summed E-state index contributed by atoms with van der Waals surface area (Å²) in [6, 6.07) is 5.04. The van der Waals surface area contributed by atoms with Crippen molar-refractivity contribution < 1.29 is 22.7 Å². The first-order valence-corrected chi connectivity index (χ1v) is 10.2. The second-order valence-corrected chi connectivity index (χ2v) is 8.54. The molecule has 3 heterocycles. The minimum absolute atomic E-state index is 0.00997. The summed E-state index contributed by atoms with van der Waals surface area (Å²) in [5.41, 5.74) is 0.938. The lowest BCUT2D eigenvalue weighted by molar-refractivity contribution is -0.142. The maximum Gasteiger partial charge on any atom is 0.251 e. The average molecular weight is 366 g/mol. The van der Waals surface area contributed by atoms with E-state index >= 15 is 0 Å². The number of benzene rings is 1. The maximum atomic E-state index is 12.9. The molecular weight excluding hydrogens is 344 g/mol. The molecule has 1 amide bonds. The number of sulfonamides is 1. The second kappa shape index (κ2) is 6.59. The molecule has 2 saturated heterocycles. The molecule has 4 rings (SSSR count). The molecule has 0 saturated carbocycles. The second-order valence-electron chi connectivity index (χ2n) is 6.60. The van der Waals surface area contributed by atoms with E-state index in [-0.39, 0.29) is 12.0 Å². The lowest BCUT2D eigenvalue weighted by atomic mass is 10.2. The molecule has 1 unspecified atom stereocenters. The monoisotopic (exact) mass is 366 g/mol. The SMILES string of the molecule is O=C(C1CCCO1)N1CCN(S(=O)(=O)c2ccc3c(c2)CCO3)CC1. The first-order valence-electron chi connectivity index (χ1n) is 8.72. The van der Waals surface area contributed by atoms with Crippen LogP contribution in [0.5, 0.6) is 5.75 Å². The van der Waals surface area contributed by atoms with E-state index in [1.807, 2.05) is 0 Å². The Morgan fingerprint density at radius 2 is 1.92 bits per heavy atom. The topological polar surface area (TPSA) is 76.2 Å².